The van der Waals surface area contributed by atoms with Crippen LogP contribution < -0.4 is 5.32 Å². The first-order valence-electron chi connectivity index (χ1n) is 6.38. The molecule has 2 aliphatic rings. The fourth-order valence-corrected chi connectivity index (χ4v) is 2.61. The number of fused-ring (bicyclic) bond motifs is 1. The summed E-state index contributed by atoms with van der Waals surface area (Å²) in [5.74, 6) is 1.46. The molecule has 1 fully saturated rings. The van der Waals surface area contributed by atoms with Crippen LogP contribution >= 0.6 is 0 Å². The molecule has 2 unspecified atom stereocenters. The Balaban J connectivity index is 2.02. The summed E-state index contributed by atoms with van der Waals surface area (Å²) in [7, 11) is 0. The number of hydrogen-bond acceptors (Lipinski definition) is 2. The van der Waals surface area contributed by atoms with Crippen LogP contribution in [0.1, 0.15) is 27.7 Å². The Morgan fingerprint density at radius 3 is 2.62 bits per heavy atom. The Hall–Kier alpha value is -0.760. The van der Waals surface area contributed by atoms with Crippen LogP contribution in [-0.2, 0) is 0 Å². The van der Waals surface area contributed by atoms with Gasteiger partial charge in [0.1, 0.15) is 0 Å². The van der Waals surface area contributed by atoms with Crippen molar-refractivity contribution in [1.82, 2.24) is 10.2 Å². The summed E-state index contributed by atoms with van der Waals surface area (Å²) in [6, 6.07) is 0. The van der Waals surface area contributed by atoms with Gasteiger partial charge in [-0.3, -0.25) is 0 Å². The normalized spacial score (nSPS) is 30.1. The molecule has 1 N–H and O–H groups in total. The van der Waals surface area contributed by atoms with Gasteiger partial charge >= 0.3 is 0 Å². The van der Waals surface area contributed by atoms with Crippen molar-refractivity contribution in [3.05, 3.63) is 23.9 Å². The van der Waals surface area contributed by atoms with E-state index in [-0.39, 0.29) is 5.54 Å². The van der Waals surface area contributed by atoms with E-state index in [1.165, 1.54) is 25.3 Å². The maximum atomic E-state index is 3.56. The Bertz CT molecular complexity index is 309. The van der Waals surface area contributed by atoms with E-state index in [2.05, 4.69) is 56.1 Å². The SMILES string of the molecule is CCN1CC2C=CC(NC(C)(C)C)=CC2C1. The minimum Gasteiger partial charge on any atom is -0.381 e. The first kappa shape index (κ1) is 11.7. The van der Waals surface area contributed by atoms with Crippen LogP contribution in [0.3, 0.4) is 0 Å². The van der Waals surface area contributed by atoms with E-state index in [9.17, 15) is 0 Å². The minimum absolute atomic E-state index is 0.159. The minimum atomic E-state index is 0.159. The number of nitrogens with one attached hydrogen (secondary N) is 1. The molecule has 0 aromatic heterocycles. The second-order valence-electron chi connectivity index (χ2n) is 6.04. The van der Waals surface area contributed by atoms with E-state index in [0.29, 0.717) is 0 Å². The van der Waals surface area contributed by atoms with Crippen molar-refractivity contribution in [2.45, 2.75) is 33.2 Å². The summed E-state index contributed by atoms with van der Waals surface area (Å²) in [5.41, 5.74) is 1.46. The van der Waals surface area contributed by atoms with Gasteiger partial charge in [0, 0.05) is 24.3 Å². The van der Waals surface area contributed by atoms with Crippen LogP contribution in [0.5, 0.6) is 0 Å². The molecule has 0 bridgehead atoms. The highest BCUT2D eigenvalue weighted by Gasteiger charge is 2.31. The van der Waals surface area contributed by atoms with Crippen molar-refractivity contribution in [2.75, 3.05) is 19.6 Å². The molecule has 0 radical (unpaired) electrons. The average Bonchev–Trinajstić information content (AvgIpc) is 2.57. The largest absolute Gasteiger partial charge is 0.381 e. The lowest BCUT2D eigenvalue weighted by Gasteiger charge is -2.26. The molecule has 16 heavy (non-hydrogen) atoms. The maximum absolute atomic E-state index is 3.56. The van der Waals surface area contributed by atoms with Crippen LogP contribution in [-0.4, -0.2) is 30.1 Å². The fraction of sp³-hybridized carbons (Fsp3) is 0.714. The van der Waals surface area contributed by atoms with E-state index in [4.69, 9.17) is 0 Å². The third kappa shape index (κ3) is 2.67. The molecular formula is C14H24N2. The first-order valence-corrected chi connectivity index (χ1v) is 6.38. The van der Waals surface area contributed by atoms with Crippen LogP contribution in [0.2, 0.25) is 0 Å². The van der Waals surface area contributed by atoms with Gasteiger partial charge in [0.05, 0.1) is 0 Å². The van der Waals surface area contributed by atoms with Crippen molar-refractivity contribution in [3.63, 3.8) is 0 Å². The zero-order valence-corrected chi connectivity index (χ0v) is 11.0. The first-order chi connectivity index (χ1) is 7.48. The van der Waals surface area contributed by atoms with Gasteiger partial charge in [0.2, 0.25) is 0 Å². The smallest absolute Gasteiger partial charge is 0.0304 e. The van der Waals surface area contributed by atoms with E-state index < -0.39 is 0 Å². The van der Waals surface area contributed by atoms with Crippen molar-refractivity contribution in [2.24, 2.45) is 11.8 Å². The third-order valence-electron chi connectivity index (χ3n) is 3.37. The molecular weight excluding hydrogens is 196 g/mol. The second-order valence-corrected chi connectivity index (χ2v) is 6.04. The molecule has 1 aliphatic heterocycles. The molecule has 0 spiro atoms. The van der Waals surface area contributed by atoms with Crippen molar-refractivity contribution >= 4 is 0 Å². The van der Waals surface area contributed by atoms with Crippen LogP contribution in [0.15, 0.2) is 23.9 Å². The Kier molecular flexibility index (Phi) is 3.11. The van der Waals surface area contributed by atoms with Crippen LogP contribution in [0.4, 0.5) is 0 Å². The van der Waals surface area contributed by atoms with Gasteiger partial charge in [0.15, 0.2) is 0 Å². The molecule has 2 rings (SSSR count). The molecule has 2 atom stereocenters. The van der Waals surface area contributed by atoms with Crippen molar-refractivity contribution < 1.29 is 0 Å². The summed E-state index contributed by atoms with van der Waals surface area (Å²) in [4.78, 5) is 2.54. The van der Waals surface area contributed by atoms with E-state index in [0.717, 1.165) is 11.8 Å². The quantitative estimate of drug-likeness (QED) is 0.769. The number of allylic oxidation sites excluding steroid dienone is 1. The predicted molar refractivity (Wildman–Crippen MR) is 69.2 cm³/mol. The Labute approximate surface area is 99.4 Å². The van der Waals surface area contributed by atoms with Gasteiger partial charge in [0.25, 0.3) is 0 Å². The molecule has 0 aromatic rings. The van der Waals surface area contributed by atoms with E-state index >= 15 is 0 Å². The second kappa shape index (κ2) is 4.25. The molecule has 2 nitrogen and oxygen atoms in total. The van der Waals surface area contributed by atoms with Crippen LogP contribution in [0.25, 0.3) is 0 Å². The van der Waals surface area contributed by atoms with Gasteiger partial charge in [-0.05, 0) is 45.2 Å². The summed E-state index contributed by atoms with van der Waals surface area (Å²) in [5, 5.41) is 3.56. The zero-order chi connectivity index (χ0) is 11.8. The highest BCUT2D eigenvalue weighted by atomic mass is 15.1. The van der Waals surface area contributed by atoms with E-state index in [1.54, 1.807) is 0 Å². The zero-order valence-electron chi connectivity index (χ0n) is 11.0. The van der Waals surface area contributed by atoms with Gasteiger partial charge in [-0.15, -0.1) is 0 Å². The molecule has 0 saturated carbocycles. The lowest BCUT2D eigenvalue weighted by atomic mass is 9.90. The van der Waals surface area contributed by atoms with Crippen LogP contribution in [0, 0.1) is 11.8 Å². The standard InChI is InChI=1S/C14H24N2/c1-5-16-9-11-6-7-13(8-12(11)10-16)15-14(2,3)4/h6-8,11-12,15H,5,9-10H2,1-4H3. The number of nitrogens with zero attached hydrogens (tertiary/aromatic N) is 1. The van der Waals surface area contributed by atoms with Crippen molar-refractivity contribution in [1.29, 1.82) is 0 Å². The third-order valence-corrected chi connectivity index (χ3v) is 3.37. The Morgan fingerprint density at radius 1 is 1.31 bits per heavy atom. The van der Waals surface area contributed by atoms with Crippen molar-refractivity contribution in [3.8, 4) is 0 Å². The number of likely N-dealkylation sites (tertiary alicyclic amines) is 1. The highest BCUT2D eigenvalue weighted by Crippen LogP contribution is 2.30. The van der Waals surface area contributed by atoms with Gasteiger partial charge in [-0.1, -0.05) is 19.1 Å². The van der Waals surface area contributed by atoms with Gasteiger partial charge < -0.3 is 10.2 Å². The topological polar surface area (TPSA) is 15.3 Å². The molecule has 1 aliphatic carbocycles. The predicted octanol–water partition coefficient (Wildman–Crippen LogP) is 2.40. The maximum Gasteiger partial charge on any atom is 0.0304 e. The van der Waals surface area contributed by atoms with Gasteiger partial charge in [-0.2, -0.15) is 0 Å². The summed E-state index contributed by atoms with van der Waals surface area (Å²) in [6.07, 6.45) is 7.06. The van der Waals surface area contributed by atoms with E-state index in [1.807, 2.05) is 0 Å². The lowest BCUT2D eigenvalue weighted by Crippen LogP contribution is -2.35. The number of hydrogen-bond donors (Lipinski definition) is 1. The molecule has 90 valence electrons. The lowest BCUT2D eigenvalue weighted by molar-refractivity contribution is 0.347. The average molecular weight is 220 g/mol. The molecule has 2 heteroatoms. The summed E-state index contributed by atoms with van der Waals surface area (Å²) < 4.78 is 0. The molecule has 1 heterocycles. The van der Waals surface area contributed by atoms with Gasteiger partial charge in [-0.25, -0.2) is 0 Å². The molecule has 0 aromatic carbocycles. The monoisotopic (exact) mass is 220 g/mol. The highest BCUT2D eigenvalue weighted by molar-refractivity contribution is 5.27. The summed E-state index contributed by atoms with van der Waals surface area (Å²) in [6.45, 7) is 12.5. The molecule has 0 amide bonds. The Morgan fingerprint density at radius 2 is 2.00 bits per heavy atom. The number of rotatable bonds is 2. The summed E-state index contributed by atoms with van der Waals surface area (Å²) >= 11 is 0. The molecule has 1 saturated heterocycles. The fourth-order valence-electron chi connectivity index (χ4n) is 2.61.